The fraction of sp³-hybridized carbons (Fsp3) is 0.850. The van der Waals surface area contributed by atoms with E-state index in [4.69, 9.17) is 14.0 Å². The Bertz CT molecular complexity index is 571. The summed E-state index contributed by atoms with van der Waals surface area (Å²) in [5.41, 5.74) is 0.707. The fourth-order valence-corrected chi connectivity index (χ4v) is 3.95. The third kappa shape index (κ3) is 3.96. The molecule has 0 unspecified atom stereocenters. The monoisotopic (exact) mass is 363 g/mol. The van der Waals surface area contributed by atoms with Gasteiger partial charge >= 0.3 is 13.2 Å². The average molecular weight is 363 g/mol. The van der Waals surface area contributed by atoms with Crippen molar-refractivity contribution in [2.45, 2.75) is 91.0 Å². The molecule has 5 nitrogen and oxygen atoms in total. The molecule has 0 bridgehead atoms. The molecule has 0 radical (unpaired) electrons. The van der Waals surface area contributed by atoms with Crippen molar-refractivity contribution in [3.63, 3.8) is 0 Å². The molecule has 1 aliphatic carbocycles. The van der Waals surface area contributed by atoms with Crippen LogP contribution in [-0.4, -0.2) is 48.0 Å². The molecule has 1 spiro atoms. The summed E-state index contributed by atoms with van der Waals surface area (Å²) in [4.78, 5) is 14.0. The number of hydrogen-bond donors (Lipinski definition) is 0. The Balaban J connectivity index is 1.50. The van der Waals surface area contributed by atoms with Crippen LogP contribution in [0.5, 0.6) is 0 Å². The molecule has 3 rings (SSSR count). The van der Waals surface area contributed by atoms with Crippen molar-refractivity contribution < 1.29 is 18.8 Å². The van der Waals surface area contributed by atoms with Gasteiger partial charge in [0.25, 0.3) is 0 Å². The third-order valence-corrected chi connectivity index (χ3v) is 6.30. The highest BCUT2D eigenvalue weighted by molar-refractivity contribution is 6.51. The number of carbonyl (C=O) groups is 1. The first-order chi connectivity index (χ1) is 11.8. The summed E-state index contributed by atoms with van der Waals surface area (Å²) in [6.45, 7) is 15.7. The molecule has 2 saturated heterocycles. The maximum Gasteiger partial charge on any atom is 0.487 e. The molecule has 0 aromatic rings. The number of likely N-dealkylation sites (tertiary alicyclic amines) is 1. The SMILES string of the molecule is CC(C)(C)OC(=O)N1CC2(CCC(=CB3OC(C)(C)C(C)(C)O3)CC2)C1. The van der Waals surface area contributed by atoms with Crippen molar-refractivity contribution in [3.8, 4) is 0 Å². The van der Waals surface area contributed by atoms with Crippen LogP contribution in [0.3, 0.4) is 0 Å². The van der Waals surface area contributed by atoms with Crippen LogP contribution in [0, 0.1) is 5.41 Å². The summed E-state index contributed by atoms with van der Waals surface area (Å²) in [6, 6.07) is 0. The highest BCUT2D eigenvalue weighted by Gasteiger charge is 2.51. The fourth-order valence-electron chi connectivity index (χ4n) is 3.95. The molecule has 0 N–H and O–H groups in total. The minimum Gasteiger partial charge on any atom is -0.444 e. The van der Waals surface area contributed by atoms with Gasteiger partial charge in [0.05, 0.1) is 11.2 Å². The zero-order valence-corrected chi connectivity index (χ0v) is 17.5. The first-order valence-corrected chi connectivity index (χ1v) is 9.84. The van der Waals surface area contributed by atoms with Gasteiger partial charge in [-0.25, -0.2) is 4.79 Å². The summed E-state index contributed by atoms with van der Waals surface area (Å²) in [6.07, 6.45) is 4.19. The molecular formula is C20H34BNO4. The molecule has 146 valence electrons. The molecule has 2 heterocycles. The van der Waals surface area contributed by atoms with E-state index in [2.05, 4.69) is 33.7 Å². The van der Waals surface area contributed by atoms with Gasteiger partial charge in [0, 0.05) is 18.5 Å². The number of ether oxygens (including phenoxy) is 1. The van der Waals surface area contributed by atoms with Crippen LogP contribution in [-0.2, 0) is 14.0 Å². The van der Waals surface area contributed by atoms with E-state index in [1.165, 1.54) is 5.57 Å². The molecule has 0 aromatic carbocycles. The molecule has 3 fully saturated rings. The average Bonchev–Trinajstić information content (AvgIpc) is 2.62. The van der Waals surface area contributed by atoms with E-state index in [0.717, 1.165) is 38.8 Å². The van der Waals surface area contributed by atoms with Crippen LogP contribution in [0.15, 0.2) is 11.5 Å². The van der Waals surface area contributed by atoms with E-state index in [-0.39, 0.29) is 29.8 Å². The smallest absolute Gasteiger partial charge is 0.444 e. The molecular weight excluding hydrogens is 329 g/mol. The van der Waals surface area contributed by atoms with Gasteiger partial charge in [-0.05, 0) is 74.1 Å². The van der Waals surface area contributed by atoms with E-state index in [1.54, 1.807) is 0 Å². The van der Waals surface area contributed by atoms with Gasteiger partial charge in [-0.3, -0.25) is 0 Å². The van der Waals surface area contributed by atoms with Gasteiger partial charge < -0.3 is 18.9 Å². The predicted octanol–water partition coefficient (Wildman–Crippen LogP) is 4.36. The van der Waals surface area contributed by atoms with Crippen LogP contribution in [0.4, 0.5) is 4.79 Å². The third-order valence-electron chi connectivity index (χ3n) is 6.30. The summed E-state index contributed by atoms with van der Waals surface area (Å²) in [5, 5.41) is 0. The maximum atomic E-state index is 12.1. The highest BCUT2D eigenvalue weighted by atomic mass is 16.7. The van der Waals surface area contributed by atoms with Crippen molar-refractivity contribution in [2.75, 3.05) is 13.1 Å². The zero-order chi connectivity index (χ0) is 19.4. The number of carbonyl (C=O) groups excluding carboxylic acids is 1. The highest BCUT2D eigenvalue weighted by Crippen LogP contribution is 2.46. The maximum absolute atomic E-state index is 12.1. The molecule has 1 amide bonds. The lowest BCUT2D eigenvalue weighted by atomic mass is 9.66. The van der Waals surface area contributed by atoms with E-state index >= 15 is 0 Å². The molecule has 3 aliphatic rings. The topological polar surface area (TPSA) is 48.0 Å². The summed E-state index contributed by atoms with van der Waals surface area (Å²) < 4.78 is 17.6. The second-order valence-corrected chi connectivity index (χ2v) is 10.3. The molecule has 0 atom stereocenters. The molecule has 2 aliphatic heterocycles. The minimum absolute atomic E-state index is 0.179. The van der Waals surface area contributed by atoms with Gasteiger partial charge in [-0.1, -0.05) is 11.5 Å². The summed E-state index contributed by atoms with van der Waals surface area (Å²) >= 11 is 0. The Morgan fingerprint density at radius 2 is 1.58 bits per heavy atom. The number of nitrogens with zero attached hydrogens (tertiary/aromatic N) is 1. The first kappa shape index (κ1) is 19.7. The van der Waals surface area contributed by atoms with E-state index in [1.807, 2.05) is 25.7 Å². The predicted molar refractivity (Wildman–Crippen MR) is 103 cm³/mol. The van der Waals surface area contributed by atoms with Crippen LogP contribution in [0.2, 0.25) is 0 Å². The van der Waals surface area contributed by atoms with Gasteiger partial charge in [-0.2, -0.15) is 0 Å². The number of rotatable bonds is 1. The van der Waals surface area contributed by atoms with Gasteiger partial charge in [0.15, 0.2) is 0 Å². The largest absolute Gasteiger partial charge is 0.487 e. The first-order valence-electron chi connectivity index (χ1n) is 9.84. The number of hydrogen-bond acceptors (Lipinski definition) is 4. The lowest BCUT2D eigenvalue weighted by Crippen LogP contribution is -2.59. The number of amides is 1. The second-order valence-electron chi connectivity index (χ2n) is 10.3. The molecule has 0 aromatic heterocycles. The van der Waals surface area contributed by atoms with Gasteiger partial charge in [0.1, 0.15) is 5.60 Å². The van der Waals surface area contributed by atoms with Crippen LogP contribution >= 0.6 is 0 Å². The van der Waals surface area contributed by atoms with Gasteiger partial charge in [-0.15, -0.1) is 0 Å². The van der Waals surface area contributed by atoms with Crippen molar-refractivity contribution in [2.24, 2.45) is 5.41 Å². The Morgan fingerprint density at radius 3 is 2.04 bits per heavy atom. The second kappa shape index (κ2) is 6.27. The molecule has 26 heavy (non-hydrogen) atoms. The van der Waals surface area contributed by atoms with E-state index < -0.39 is 5.60 Å². The zero-order valence-electron chi connectivity index (χ0n) is 17.5. The quantitative estimate of drug-likeness (QED) is 0.650. The molecule has 6 heteroatoms. The van der Waals surface area contributed by atoms with Crippen molar-refractivity contribution in [1.82, 2.24) is 4.90 Å². The lowest BCUT2D eigenvalue weighted by Gasteiger charge is -2.52. The Morgan fingerprint density at radius 1 is 1.08 bits per heavy atom. The normalized spacial score (nSPS) is 26.7. The van der Waals surface area contributed by atoms with Crippen LogP contribution in [0.25, 0.3) is 0 Å². The van der Waals surface area contributed by atoms with Crippen LogP contribution in [0.1, 0.15) is 74.1 Å². The Kier molecular flexibility index (Phi) is 4.76. The van der Waals surface area contributed by atoms with E-state index in [9.17, 15) is 4.79 Å². The lowest BCUT2D eigenvalue weighted by molar-refractivity contribution is -0.0445. The summed E-state index contributed by atoms with van der Waals surface area (Å²) in [5.74, 6) is 2.17. The van der Waals surface area contributed by atoms with Crippen LogP contribution < -0.4 is 0 Å². The molecule has 1 saturated carbocycles. The standard InChI is InChI=1S/C20H34BNO4/c1-17(2,3)24-16(23)22-13-20(14-22)10-8-15(9-11-20)12-21-25-18(4,5)19(6,7)26-21/h12H,8-11,13-14H2,1-7H3. The van der Waals surface area contributed by atoms with Crippen molar-refractivity contribution >= 4 is 13.2 Å². The minimum atomic E-state index is -0.425. The summed E-state index contributed by atoms with van der Waals surface area (Å²) in [7, 11) is -0.247. The number of allylic oxidation sites excluding steroid dienone is 1. The van der Waals surface area contributed by atoms with Crippen molar-refractivity contribution in [3.05, 3.63) is 11.5 Å². The Hall–Kier alpha value is -1.01. The van der Waals surface area contributed by atoms with E-state index in [0.29, 0.717) is 0 Å². The Labute approximate surface area is 158 Å². The van der Waals surface area contributed by atoms with Gasteiger partial charge in [0.2, 0.25) is 0 Å². The van der Waals surface area contributed by atoms with Crippen molar-refractivity contribution in [1.29, 1.82) is 0 Å².